The Kier molecular flexibility index (Phi) is 4.36. The Labute approximate surface area is 112 Å². The van der Waals surface area contributed by atoms with Crippen LogP contribution in [0, 0.1) is 0 Å². The zero-order valence-corrected chi connectivity index (χ0v) is 10.7. The number of nitrogens with one attached hydrogen (secondary N) is 1. The van der Waals surface area contributed by atoms with E-state index in [4.69, 9.17) is 0 Å². The van der Waals surface area contributed by atoms with E-state index in [2.05, 4.69) is 22.9 Å². The number of rotatable bonds is 4. The number of benzene rings is 1. The molecule has 0 radical (unpaired) electrons. The number of carbonyl (C=O) groups is 1. The van der Waals surface area contributed by atoms with Crippen molar-refractivity contribution < 1.29 is 4.79 Å². The summed E-state index contributed by atoms with van der Waals surface area (Å²) >= 11 is 4.21. The fraction of sp³-hybridized carbons (Fsp3) is 0.143. The fourth-order valence-corrected chi connectivity index (χ4v) is 1.84. The summed E-state index contributed by atoms with van der Waals surface area (Å²) in [5, 5.41) is 2.87. The number of nitrogens with zero attached hydrogens (tertiary/aromatic N) is 1. The van der Waals surface area contributed by atoms with Crippen LogP contribution in [0.15, 0.2) is 53.7 Å². The van der Waals surface area contributed by atoms with Gasteiger partial charge in [-0.3, -0.25) is 9.78 Å². The Morgan fingerprint density at radius 3 is 2.89 bits per heavy atom. The molecule has 1 amide bonds. The van der Waals surface area contributed by atoms with Gasteiger partial charge >= 0.3 is 0 Å². The van der Waals surface area contributed by atoms with Crippen LogP contribution in [-0.4, -0.2) is 17.4 Å². The summed E-state index contributed by atoms with van der Waals surface area (Å²) in [5.41, 5.74) is 1.74. The van der Waals surface area contributed by atoms with Crippen molar-refractivity contribution in [3.8, 4) is 0 Å². The van der Waals surface area contributed by atoms with Crippen molar-refractivity contribution in [1.82, 2.24) is 10.3 Å². The normalized spacial score (nSPS) is 10.1. The molecule has 0 fully saturated rings. The van der Waals surface area contributed by atoms with Crippen LogP contribution in [0.4, 0.5) is 0 Å². The first-order valence-electron chi connectivity index (χ1n) is 5.72. The Balaban J connectivity index is 1.86. The number of amides is 1. The van der Waals surface area contributed by atoms with Crippen molar-refractivity contribution >= 4 is 18.5 Å². The van der Waals surface area contributed by atoms with Gasteiger partial charge in [-0.05, 0) is 36.2 Å². The zero-order chi connectivity index (χ0) is 12.8. The minimum absolute atomic E-state index is 0.0743. The van der Waals surface area contributed by atoms with E-state index in [-0.39, 0.29) is 5.91 Å². The number of aromatic nitrogens is 1. The molecule has 0 unspecified atom stereocenters. The van der Waals surface area contributed by atoms with E-state index in [1.807, 2.05) is 24.3 Å². The van der Waals surface area contributed by atoms with Gasteiger partial charge in [-0.1, -0.05) is 12.1 Å². The lowest BCUT2D eigenvalue weighted by Gasteiger charge is -2.05. The second kappa shape index (κ2) is 6.21. The maximum absolute atomic E-state index is 11.8. The van der Waals surface area contributed by atoms with Gasteiger partial charge in [-0.2, -0.15) is 0 Å². The molecule has 0 spiro atoms. The highest BCUT2D eigenvalue weighted by molar-refractivity contribution is 7.80. The molecule has 2 rings (SSSR count). The van der Waals surface area contributed by atoms with Crippen molar-refractivity contribution in [2.75, 3.05) is 6.54 Å². The van der Waals surface area contributed by atoms with E-state index >= 15 is 0 Å². The molecular formula is C14H14N2OS. The quantitative estimate of drug-likeness (QED) is 0.827. The van der Waals surface area contributed by atoms with Crippen molar-refractivity contribution in [1.29, 1.82) is 0 Å². The van der Waals surface area contributed by atoms with Crippen LogP contribution in [0.5, 0.6) is 0 Å². The molecule has 1 heterocycles. The van der Waals surface area contributed by atoms with Gasteiger partial charge in [0.1, 0.15) is 0 Å². The van der Waals surface area contributed by atoms with Gasteiger partial charge in [-0.15, -0.1) is 12.6 Å². The molecule has 1 aromatic heterocycles. The lowest BCUT2D eigenvalue weighted by atomic mass is 10.2. The summed E-state index contributed by atoms with van der Waals surface area (Å²) < 4.78 is 0. The lowest BCUT2D eigenvalue weighted by Crippen LogP contribution is -2.25. The molecule has 0 saturated heterocycles. The molecule has 0 aliphatic carbocycles. The van der Waals surface area contributed by atoms with Crippen molar-refractivity contribution in [2.45, 2.75) is 11.3 Å². The topological polar surface area (TPSA) is 42.0 Å². The van der Waals surface area contributed by atoms with E-state index in [1.165, 1.54) is 0 Å². The number of hydrogen-bond donors (Lipinski definition) is 2. The first-order valence-corrected chi connectivity index (χ1v) is 6.16. The maximum atomic E-state index is 11.8. The molecule has 0 aliphatic rings. The van der Waals surface area contributed by atoms with Crippen molar-refractivity contribution in [3.63, 3.8) is 0 Å². The minimum atomic E-state index is -0.0743. The summed E-state index contributed by atoms with van der Waals surface area (Å²) in [6.45, 7) is 0.599. The standard InChI is InChI=1S/C14H14N2OS/c17-14(12-4-1-5-13(18)9-12)16-8-6-11-3-2-7-15-10-11/h1-5,7,9-10,18H,6,8H2,(H,16,17). The van der Waals surface area contributed by atoms with E-state index in [9.17, 15) is 4.79 Å². The van der Waals surface area contributed by atoms with Crippen molar-refractivity contribution in [3.05, 3.63) is 59.9 Å². The van der Waals surface area contributed by atoms with Gasteiger partial charge < -0.3 is 5.32 Å². The van der Waals surface area contributed by atoms with Gasteiger partial charge in [-0.25, -0.2) is 0 Å². The summed E-state index contributed by atoms with van der Waals surface area (Å²) in [6.07, 6.45) is 4.32. The minimum Gasteiger partial charge on any atom is -0.352 e. The molecule has 3 nitrogen and oxygen atoms in total. The van der Waals surface area contributed by atoms with Gasteiger partial charge in [0.15, 0.2) is 0 Å². The highest BCUT2D eigenvalue weighted by Gasteiger charge is 2.04. The van der Waals surface area contributed by atoms with Gasteiger partial charge in [0.25, 0.3) is 5.91 Å². The lowest BCUT2D eigenvalue weighted by molar-refractivity contribution is 0.0954. The molecule has 18 heavy (non-hydrogen) atoms. The fourth-order valence-electron chi connectivity index (χ4n) is 1.62. The molecule has 0 aliphatic heterocycles. The smallest absolute Gasteiger partial charge is 0.251 e. The molecule has 4 heteroatoms. The second-order valence-electron chi connectivity index (χ2n) is 3.92. The molecule has 92 valence electrons. The van der Waals surface area contributed by atoms with Crippen molar-refractivity contribution in [2.24, 2.45) is 0 Å². The predicted molar refractivity (Wildman–Crippen MR) is 74.0 cm³/mol. The molecule has 0 saturated carbocycles. The molecule has 1 aromatic carbocycles. The SMILES string of the molecule is O=C(NCCc1cccnc1)c1cccc(S)c1. The Morgan fingerprint density at radius 2 is 2.17 bits per heavy atom. The van der Waals surface area contributed by atoms with Gasteiger partial charge in [0.2, 0.25) is 0 Å². The van der Waals surface area contributed by atoms with E-state index in [0.29, 0.717) is 12.1 Å². The predicted octanol–water partition coefficient (Wildman–Crippen LogP) is 2.34. The summed E-state index contributed by atoms with van der Waals surface area (Å²) in [7, 11) is 0. The van der Waals surface area contributed by atoms with Crippen LogP contribution in [0.1, 0.15) is 15.9 Å². The average Bonchev–Trinajstić information content (AvgIpc) is 2.40. The van der Waals surface area contributed by atoms with E-state index in [0.717, 1.165) is 16.9 Å². The molecular weight excluding hydrogens is 244 g/mol. The van der Waals surface area contributed by atoms with Gasteiger partial charge in [0, 0.05) is 29.4 Å². The summed E-state index contributed by atoms with van der Waals surface area (Å²) in [6, 6.07) is 11.1. The Hall–Kier alpha value is -1.81. The Bertz CT molecular complexity index is 528. The highest BCUT2D eigenvalue weighted by Crippen LogP contribution is 2.08. The first-order chi connectivity index (χ1) is 8.75. The van der Waals surface area contributed by atoms with E-state index in [1.54, 1.807) is 24.5 Å². The third kappa shape index (κ3) is 3.60. The van der Waals surface area contributed by atoms with Crippen LogP contribution in [0.2, 0.25) is 0 Å². The number of hydrogen-bond acceptors (Lipinski definition) is 3. The first kappa shape index (κ1) is 12.6. The third-order valence-corrected chi connectivity index (χ3v) is 2.81. The third-order valence-electron chi connectivity index (χ3n) is 2.53. The Morgan fingerprint density at radius 1 is 1.28 bits per heavy atom. The number of carbonyl (C=O) groups excluding carboxylic acids is 1. The molecule has 1 N–H and O–H groups in total. The number of pyridine rings is 1. The van der Waals surface area contributed by atoms with Crippen LogP contribution in [-0.2, 0) is 6.42 Å². The second-order valence-corrected chi connectivity index (χ2v) is 4.43. The maximum Gasteiger partial charge on any atom is 0.251 e. The molecule has 0 bridgehead atoms. The molecule has 2 aromatic rings. The molecule has 0 atom stereocenters. The average molecular weight is 258 g/mol. The van der Waals surface area contributed by atoms with Crippen LogP contribution in [0.25, 0.3) is 0 Å². The van der Waals surface area contributed by atoms with Crippen LogP contribution < -0.4 is 5.32 Å². The summed E-state index contributed by atoms with van der Waals surface area (Å²) in [5.74, 6) is -0.0743. The summed E-state index contributed by atoms with van der Waals surface area (Å²) in [4.78, 5) is 16.6. The monoisotopic (exact) mass is 258 g/mol. The van der Waals surface area contributed by atoms with Crippen LogP contribution in [0.3, 0.4) is 0 Å². The van der Waals surface area contributed by atoms with Gasteiger partial charge in [0.05, 0.1) is 0 Å². The van der Waals surface area contributed by atoms with Crippen LogP contribution >= 0.6 is 12.6 Å². The van der Waals surface area contributed by atoms with E-state index < -0.39 is 0 Å². The highest BCUT2D eigenvalue weighted by atomic mass is 32.1. The number of thiol groups is 1. The largest absolute Gasteiger partial charge is 0.352 e. The zero-order valence-electron chi connectivity index (χ0n) is 9.84.